The molecule has 0 saturated heterocycles. The molecule has 0 amide bonds. The first-order valence-corrected chi connectivity index (χ1v) is 7.86. The molecule has 1 fully saturated rings. The number of sulfonamides is 1. The fourth-order valence-corrected chi connectivity index (χ4v) is 3.79. The molecule has 2 N–H and O–H groups in total. The SMILES string of the molecule is CC1(C)C(CNS(=O)(=O)c2ccc(O)cc2)C1(C)C. The third-order valence-electron chi connectivity index (χ3n) is 4.94. The van der Waals surface area contributed by atoms with Crippen LogP contribution in [0.15, 0.2) is 29.2 Å². The molecule has 1 aromatic rings. The molecule has 19 heavy (non-hydrogen) atoms. The maximum absolute atomic E-state index is 12.1. The van der Waals surface area contributed by atoms with Gasteiger partial charge in [-0.3, -0.25) is 0 Å². The summed E-state index contributed by atoms with van der Waals surface area (Å²) in [6.45, 7) is 9.08. The van der Waals surface area contributed by atoms with Crippen LogP contribution in [0.5, 0.6) is 5.75 Å². The highest BCUT2D eigenvalue weighted by molar-refractivity contribution is 7.89. The molecular weight excluding hydrogens is 262 g/mol. The monoisotopic (exact) mass is 283 g/mol. The van der Waals surface area contributed by atoms with Crippen molar-refractivity contribution in [1.29, 1.82) is 0 Å². The van der Waals surface area contributed by atoms with Gasteiger partial charge < -0.3 is 5.11 Å². The Bertz CT molecular complexity index is 559. The maximum Gasteiger partial charge on any atom is 0.240 e. The molecule has 0 spiro atoms. The standard InChI is InChI=1S/C14H21NO3S/c1-13(2)12(14(13,3)4)9-15-19(17,18)11-7-5-10(16)6-8-11/h5-8,12,15-16H,9H2,1-4H3. The molecule has 0 heterocycles. The minimum atomic E-state index is -3.49. The van der Waals surface area contributed by atoms with E-state index in [0.717, 1.165) is 0 Å². The summed E-state index contributed by atoms with van der Waals surface area (Å²) in [6, 6.07) is 5.56. The second-order valence-electron chi connectivity index (χ2n) is 6.34. The Morgan fingerprint density at radius 3 is 2.00 bits per heavy atom. The smallest absolute Gasteiger partial charge is 0.240 e. The lowest BCUT2D eigenvalue weighted by molar-refractivity contribution is 0.457. The Kier molecular flexibility index (Phi) is 3.18. The highest BCUT2D eigenvalue weighted by Gasteiger charge is 2.64. The minimum Gasteiger partial charge on any atom is -0.508 e. The van der Waals surface area contributed by atoms with E-state index in [1.165, 1.54) is 24.3 Å². The van der Waals surface area contributed by atoms with Crippen molar-refractivity contribution in [3.63, 3.8) is 0 Å². The lowest BCUT2D eigenvalue weighted by atomic mass is 10.0. The highest BCUT2D eigenvalue weighted by atomic mass is 32.2. The molecule has 0 aromatic heterocycles. The Morgan fingerprint density at radius 2 is 1.58 bits per heavy atom. The molecule has 1 aliphatic rings. The second kappa shape index (κ2) is 4.21. The number of benzene rings is 1. The summed E-state index contributed by atoms with van der Waals surface area (Å²) in [7, 11) is -3.49. The van der Waals surface area contributed by atoms with Gasteiger partial charge in [0.2, 0.25) is 10.0 Å². The van der Waals surface area contributed by atoms with E-state index in [0.29, 0.717) is 12.5 Å². The molecule has 2 rings (SSSR count). The van der Waals surface area contributed by atoms with Crippen LogP contribution >= 0.6 is 0 Å². The van der Waals surface area contributed by atoms with Crippen LogP contribution in [0.25, 0.3) is 0 Å². The van der Waals surface area contributed by atoms with E-state index in [1.54, 1.807) is 0 Å². The molecule has 1 saturated carbocycles. The van der Waals surface area contributed by atoms with Gasteiger partial charge in [0.25, 0.3) is 0 Å². The molecule has 0 atom stereocenters. The van der Waals surface area contributed by atoms with Gasteiger partial charge in [0, 0.05) is 6.54 Å². The van der Waals surface area contributed by atoms with Crippen LogP contribution in [-0.4, -0.2) is 20.1 Å². The van der Waals surface area contributed by atoms with Crippen LogP contribution in [0.4, 0.5) is 0 Å². The molecule has 1 aromatic carbocycles. The summed E-state index contributed by atoms with van der Waals surface area (Å²) in [5, 5.41) is 9.17. The van der Waals surface area contributed by atoms with Crippen LogP contribution in [0.3, 0.4) is 0 Å². The number of hydrogen-bond acceptors (Lipinski definition) is 3. The van der Waals surface area contributed by atoms with Crippen LogP contribution in [0.1, 0.15) is 27.7 Å². The van der Waals surface area contributed by atoms with E-state index in [9.17, 15) is 13.5 Å². The second-order valence-corrected chi connectivity index (χ2v) is 8.11. The number of hydrogen-bond donors (Lipinski definition) is 2. The van der Waals surface area contributed by atoms with Crippen molar-refractivity contribution >= 4 is 10.0 Å². The van der Waals surface area contributed by atoms with Gasteiger partial charge in [-0.25, -0.2) is 13.1 Å². The topological polar surface area (TPSA) is 66.4 Å². The van der Waals surface area contributed by atoms with Crippen molar-refractivity contribution in [2.75, 3.05) is 6.54 Å². The van der Waals surface area contributed by atoms with E-state index in [2.05, 4.69) is 32.4 Å². The van der Waals surface area contributed by atoms with Gasteiger partial charge >= 0.3 is 0 Å². The number of rotatable bonds is 4. The number of phenols is 1. The van der Waals surface area contributed by atoms with Gasteiger partial charge in [-0.15, -0.1) is 0 Å². The highest BCUT2D eigenvalue weighted by Crippen LogP contribution is 2.67. The Labute approximate surface area is 114 Å². The summed E-state index contributed by atoms with van der Waals surface area (Å²) < 4.78 is 26.9. The van der Waals surface area contributed by atoms with Gasteiger partial charge in [0.05, 0.1) is 4.90 Å². The normalized spacial score (nSPS) is 21.3. The zero-order valence-electron chi connectivity index (χ0n) is 11.8. The first-order chi connectivity index (χ1) is 8.59. The molecule has 0 aliphatic heterocycles. The molecule has 0 bridgehead atoms. The van der Waals surface area contributed by atoms with E-state index in [4.69, 9.17) is 0 Å². The first-order valence-electron chi connectivity index (χ1n) is 6.38. The molecule has 5 heteroatoms. The summed E-state index contributed by atoms with van der Waals surface area (Å²) in [5.41, 5.74) is 0.314. The van der Waals surface area contributed by atoms with Crippen LogP contribution < -0.4 is 4.72 Å². The number of phenolic OH excluding ortho intramolecular Hbond substituents is 1. The predicted molar refractivity (Wildman–Crippen MR) is 74.3 cm³/mol. The van der Waals surface area contributed by atoms with E-state index >= 15 is 0 Å². The summed E-state index contributed by atoms with van der Waals surface area (Å²) in [6.07, 6.45) is 0. The average Bonchev–Trinajstić information content (AvgIpc) is 2.67. The van der Waals surface area contributed by atoms with Crippen molar-refractivity contribution in [3.8, 4) is 5.75 Å². The number of nitrogens with one attached hydrogen (secondary N) is 1. The molecular formula is C14H21NO3S. The molecule has 4 nitrogen and oxygen atoms in total. The van der Waals surface area contributed by atoms with Gasteiger partial charge in [-0.1, -0.05) is 27.7 Å². The zero-order chi connectivity index (χ0) is 14.5. The van der Waals surface area contributed by atoms with Gasteiger partial charge in [0.1, 0.15) is 5.75 Å². The third-order valence-corrected chi connectivity index (χ3v) is 6.38. The first kappa shape index (κ1) is 14.3. The number of aromatic hydroxyl groups is 1. The van der Waals surface area contributed by atoms with E-state index in [-0.39, 0.29) is 21.5 Å². The molecule has 0 radical (unpaired) electrons. The van der Waals surface area contributed by atoms with Crippen molar-refractivity contribution in [1.82, 2.24) is 4.72 Å². The molecule has 106 valence electrons. The van der Waals surface area contributed by atoms with Crippen molar-refractivity contribution in [2.45, 2.75) is 32.6 Å². The van der Waals surface area contributed by atoms with Crippen molar-refractivity contribution in [2.24, 2.45) is 16.7 Å². The van der Waals surface area contributed by atoms with Crippen molar-refractivity contribution < 1.29 is 13.5 Å². The maximum atomic E-state index is 12.1. The van der Waals surface area contributed by atoms with E-state index in [1.807, 2.05) is 0 Å². The predicted octanol–water partition coefficient (Wildman–Crippen LogP) is 2.35. The Balaban J connectivity index is 2.06. The quantitative estimate of drug-likeness (QED) is 0.891. The molecule has 0 unspecified atom stereocenters. The third kappa shape index (κ3) is 2.37. The largest absolute Gasteiger partial charge is 0.508 e. The minimum absolute atomic E-state index is 0.0587. The van der Waals surface area contributed by atoms with Gasteiger partial charge in [0.15, 0.2) is 0 Å². The van der Waals surface area contributed by atoms with Gasteiger partial charge in [-0.2, -0.15) is 0 Å². The van der Waals surface area contributed by atoms with Crippen molar-refractivity contribution in [3.05, 3.63) is 24.3 Å². The fraction of sp³-hybridized carbons (Fsp3) is 0.571. The Hall–Kier alpha value is -1.07. The van der Waals surface area contributed by atoms with Crippen LogP contribution in [-0.2, 0) is 10.0 Å². The molecule has 1 aliphatic carbocycles. The average molecular weight is 283 g/mol. The van der Waals surface area contributed by atoms with Crippen LogP contribution in [0, 0.1) is 16.7 Å². The summed E-state index contributed by atoms with van der Waals surface area (Å²) in [5.74, 6) is 0.398. The van der Waals surface area contributed by atoms with Crippen LogP contribution in [0.2, 0.25) is 0 Å². The van der Waals surface area contributed by atoms with Gasteiger partial charge in [-0.05, 0) is 41.0 Å². The summed E-state index contributed by atoms with van der Waals surface area (Å²) >= 11 is 0. The summed E-state index contributed by atoms with van der Waals surface area (Å²) in [4.78, 5) is 0.182. The fourth-order valence-electron chi connectivity index (χ4n) is 2.75. The Morgan fingerprint density at radius 1 is 1.11 bits per heavy atom. The lowest BCUT2D eigenvalue weighted by Crippen LogP contribution is -2.27. The zero-order valence-corrected chi connectivity index (χ0v) is 12.6. The van der Waals surface area contributed by atoms with E-state index < -0.39 is 10.0 Å². The lowest BCUT2D eigenvalue weighted by Gasteiger charge is -2.07.